The first-order chi connectivity index (χ1) is 9.40. The molecule has 0 spiro atoms. The molecule has 4 nitrogen and oxygen atoms in total. The number of nitrogen functional groups attached to an aromatic ring is 1. The Morgan fingerprint density at radius 2 is 1.95 bits per heavy atom. The second-order valence-electron chi connectivity index (χ2n) is 3.94. The zero-order valence-corrected chi connectivity index (χ0v) is 10.7. The van der Waals surface area contributed by atoms with Crippen molar-refractivity contribution in [1.29, 1.82) is 0 Å². The number of nitrogens with two attached hydrogens (primary N) is 1. The van der Waals surface area contributed by atoms with Crippen LogP contribution in [0.1, 0.15) is 10.4 Å². The molecule has 0 aliphatic carbocycles. The fourth-order valence-corrected chi connectivity index (χ4v) is 1.74. The minimum absolute atomic E-state index is 0.134. The van der Waals surface area contributed by atoms with E-state index in [2.05, 4.69) is 5.32 Å². The van der Waals surface area contributed by atoms with Gasteiger partial charge in [0.05, 0.1) is 11.3 Å². The van der Waals surface area contributed by atoms with Gasteiger partial charge in [0, 0.05) is 5.02 Å². The molecule has 0 heterocycles. The average molecular weight is 299 g/mol. The Kier molecular flexibility index (Phi) is 3.76. The first-order valence-corrected chi connectivity index (χ1v) is 5.81. The Balaban J connectivity index is 2.35. The lowest BCUT2D eigenvalue weighted by atomic mass is 10.1. The summed E-state index contributed by atoms with van der Waals surface area (Å²) in [6.45, 7) is 0. The number of carbonyl (C=O) groups excluding carboxylic acids is 1. The molecule has 0 radical (unpaired) electrons. The van der Waals surface area contributed by atoms with Crippen molar-refractivity contribution in [3.05, 3.63) is 52.6 Å². The first kappa shape index (κ1) is 14.1. The quantitative estimate of drug-likeness (QED) is 0.745. The lowest BCUT2D eigenvalue weighted by Gasteiger charge is -2.10. The maximum atomic E-state index is 13.5. The van der Waals surface area contributed by atoms with Crippen LogP contribution in [0.4, 0.5) is 20.2 Å². The Morgan fingerprint density at radius 3 is 2.60 bits per heavy atom. The number of anilines is 2. The van der Waals surface area contributed by atoms with Gasteiger partial charge in [-0.25, -0.2) is 8.78 Å². The Hall–Kier alpha value is -2.34. The van der Waals surface area contributed by atoms with Crippen molar-refractivity contribution >= 4 is 28.9 Å². The Labute approximate surface area is 117 Å². The minimum Gasteiger partial charge on any atom is -0.507 e. The highest BCUT2D eigenvalue weighted by atomic mass is 35.5. The molecular weight excluding hydrogens is 290 g/mol. The summed E-state index contributed by atoms with van der Waals surface area (Å²) in [4.78, 5) is 11.9. The zero-order valence-electron chi connectivity index (χ0n) is 9.95. The maximum Gasteiger partial charge on any atom is 0.259 e. The largest absolute Gasteiger partial charge is 0.507 e. The molecule has 2 aromatic rings. The molecule has 0 aliphatic heterocycles. The van der Waals surface area contributed by atoms with E-state index >= 15 is 0 Å². The molecule has 0 saturated carbocycles. The zero-order chi connectivity index (χ0) is 14.9. The van der Waals surface area contributed by atoms with Crippen molar-refractivity contribution in [3.8, 4) is 5.75 Å². The van der Waals surface area contributed by atoms with E-state index in [1.54, 1.807) is 0 Å². The number of hydrogen-bond acceptors (Lipinski definition) is 3. The van der Waals surface area contributed by atoms with Gasteiger partial charge < -0.3 is 16.2 Å². The molecule has 2 rings (SSSR count). The van der Waals surface area contributed by atoms with Gasteiger partial charge in [0.15, 0.2) is 11.6 Å². The molecule has 104 valence electrons. The number of hydrogen-bond donors (Lipinski definition) is 3. The fraction of sp³-hybridized carbons (Fsp3) is 0. The van der Waals surface area contributed by atoms with Crippen molar-refractivity contribution in [2.24, 2.45) is 0 Å². The van der Waals surface area contributed by atoms with Crippen LogP contribution in [0.25, 0.3) is 0 Å². The predicted molar refractivity (Wildman–Crippen MR) is 71.8 cm³/mol. The lowest BCUT2D eigenvalue weighted by Crippen LogP contribution is -2.15. The third-order valence-electron chi connectivity index (χ3n) is 2.57. The summed E-state index contributed by atoms with van der Waals surface area (Å²) in [5.41, 5.74) is 4.72. The van der Waals surface area contributed by atoms with Crippen LogP contribution in [0.15, 0.2) is 30.3 Å². The molecule has 0 aliphatic rings. The molecule has 0 bridgehead atoms. The Bertz CT molecular complexity index is 692. The van der Waals surface area contributed by atoms with E-state index in [-0.39, 0.29) is 22.0 Å². The van der Waals surface area contributed by atoms with Crippen molar-refractivity contribution < 1.29 is 18.7 Å². The van der Waals surface area contributed by atoms with Crippen LogP contribution in [0.2, 0.25) is 5.02 Å². The van der Waals surface area contributed by atoms with Crippen molar-refractivity contribution in [1.82, 2.24) is 0 Å². The van der Waals surface area contributed by atoms with Gasteiger partial charge in [-0.1, -0.05) is 11.6 Å². The molecule has 0 fully saturated rings. The minimum atomic E-state index is -1.27. The van der Waals surface area contributed by atoms with Gasteiger partial charge in [-0.15, -0.1) is 0 Å². The molecule has 20 heavy (non-hydrogen) atoms. The summed E-state index contributed by atoms with van der Waals surface area (Å²) in [5, 5.41) is 11.9. The number of phenols is 1. The van der Waals surface area contributed by atoms with Crippen molar-refractivity contribution in [2.75, 3.05) is 11.1 Å². The standard InChI is InChI=1S/C13H9ClF2N2O2/c14-6-1-2-7(10(19)5-6)13(20)18-12-9(17)4-3-8(15)11(12)16/h1-5,19H,17H2,(H,18,20). The number of benzene rings is 2. The van der Waals surface area contributed by atoms with Gasteiger partial charge in [-0.3, -0.25) is 4.79 Å². The lowest BCUT2D eigenvalue weighted by molar-refractivity contribution is 0.102. The topological polar surface area (TPSA) is 75.3 Å². The summed E-state index contributed by atoms with van der Waals surface area (Å²) in [6.07, 6.45) is 0. The highest BCUT2D eigenvalue weighted by Crippen LogP contribution is 2.27. The second kappa shape index (κ2) is 5.34. The van der Waals surface area contributed by atoms with Crippen molar-refractivity contribution in [2.45, 2.75) is 0 Å². The number of halogens is 3. The maximum absolute atomic E-state index is 13.5. The Morgan fingerprint density at radius 1 is 1.25 bits per heavy atom. The summed E-state index contributed by atoms with van der Waals surface area (Å²) < 4.78 is 26.6. The SMILES string of the molecule is Nc1ccc(F)c(F)c1NC(=O)c1ccc(Cl)cc1O. The molecule has 0 saturated heterocycles. The normalized spacial score (nSPS) is 10.3. The van der Waals surface area contributed by atoms with Gasteiger partial charge in [0.2, 0.25) is 0 Å². The summed E-state index contributed by atoms with van der Waals surface area (Å²) in [7, 11) is 0. The average Bonchev–Trinajstić information content (AvgIpc) is 2.39. The van der Waals surface area contributed by atoms with Crippen LogP contribution < -0.4 is 11.1 Å². The van der Waals surface area contributed by atoms with E-state index in [1.165, 1.54) is 12.1 Å². The number of nitrogens with one attached hydrogen (secondary N) is 1. The van der Waals surface area contributed by atoms with Crippen LogP contribution in [-0.4, -0.2) is 11.0 Å². The second-order valence-corrected chi connectivity index (χ2v) is 4.38. The highest BCUT2D eigenvalue weighted by molar-refractivity contribution is 6.31. The molecule has 0 unspecified atom stereocenters. The highest BCUT2D eigenvalue weighted by Gasteiger charge is 2.17. The fourth-order valence-electron chi connectivity index (χ4n) is 1.57. The molecule has 0 atom stereocenters. The third kappa shape index (κ3) is 2.65. The molecule has 7 heteroatoms. The van der Waals surface area contributed by atoms with Crippen molar-refractivity contribution in [3.63, 3.8) is 0 Å². The number of rotatable bonds is 2. The number of amides is 1. The summed E-state index contributed by atoms with van der Waals surface area (Å²) >= 11 is 5.63. The van der Waals surface area contributed by atoms with Gasteiger partial charge in [0.25, 0.3) is 5.91 Å². The smallest absolute Gasteiger partial charge is 0.259 e. The van der Waals surface area contributed by atoms with Gasteiger partial charge in [-0.05, 0) is 30.3 Å². The van der Waals surface area contributed by atoms with E-state index in [9.17, 15) is 18.7 Å². The van der Waals surface area contributed by atoms with Gasteiger partial charge in [-0.2, -0.15) is 0 Å². The van der Waals surface area contributed by atoms with Gasteiger partial charge in [0.1, 0.15) is 11.4 Å². The van der Waals surface area contributed by atoms with Gasteiger partial charge >= 0.3 is 0 Å². The van der Waals surface area contributed by atoms with E-state index in [0.29, 0.717) is 0 Å². The van der Waals surface area contributed by atoms with Crippen LogP contribution in [0, 0.1) is 11.6 Å². The van der Waals surface area contributed by atoms with Crippen LogP contribution in [0.5, 0.6) is 5.75 Å². The predicted octanol–water partition coefficient (Wildman–Crippen LogP) is 3.16. The van der Waals surface area contributed by atoms with E-state index < -0.39 is 23.2 Å². The molecule has 4 N–H and O–H groups in total. The molecular formula is C13H9ClF2N2O2. The van der Waals surface area contributed by atoms with E-state index in [4.69, 9.17) is 17.3 Å². The summed E-state index contributed by atoms with van der Waals surface area (Å²) in [6, 6.07) is 5.75. The van der Waals surface area contributed by atoms with Crippen LogP contribution >= 0.6 is 11.6 Å². The van der Waals surface area contributed by atoms with E-state index in [1.807, 2.05) is 0 Å². The third-order valence-corrected chi connectivity index (χ3v) is 2.81. The van der Waals surface area contributed by atoms with Crippen LogP contribution in [-0.2, 0) is 0 Å². The molecule has 0 aromatic heterocycles. The molecule has 1 amide bonds. The molecule has 2 aromatic carbocycles. The number of aromatic hydroxyl groups is 1. The first-order valence-electron chi connectivity index (χ1n) is 5.43. The number of carbonyl (C=O) groups is 1. The number of phenolic OH excluding ortho intramolecular Hbond substituents is 1. The van der Waals surface area contributed by atoms with Crippen LogP contribution in [0.3, 0.4) is 0 Å². The summed E-state index contributed by atoms with van der Waals surface area (Å²) in [5.74, 6) is -3.64. The monoisotopic (exact) mass is 298 g/mol. The van der Waals surface area contributed by atoms with E-state index in [0.717, 1.165) is 18.2 Å².